The minimum Gasteiger partial charge on any atom is -0.349 e. The van der Waals surface area contributed by atoms with E-state index in [1.54, 1.807) is 0 Å². The van der Waals surface area contributed by atoms with Gasteiger partial charge in [-0.3, -0.25) is 4.79 Å². The van der Waals surface area contributed by atoms with Crippen LogP contribution in [-0.4, -0.2) is 15.7 Å². The van der Waals surface area contributed by atoms with Gasteiger partial charge in [-0.2, -0.15) is 5.10 Å². The second-order valence-corrected chi connectivity index (χ2v) is 7.66. The minimum absolute atomic E-state index is 0.122. The Labute approximate surface area is 149 Å². The molecule has 0 spiro atoms. The number of hydrogen-bond acceptors (Lipinski definition) is 2. The number of hydrogen-bond donors (Lipinski definition) is 1. The van der Waals surface area contributed by atoms with Crippen LogP contribution in [0, 0.1) is 19.8 Å². The second-order valence-electron chi connectivity index (χ2n) is 7.66. The van der Waals surface area contributed by atoms with Gasteiger partial charge in [0.25, 0.3) is 0 Å². The molecule has 0 saturated heterocycles. The normalized spacial score (nSPS) is 20.5. The topological polar surface area (TPSA) is 46.9 Å². The molecule has 25 heavy (non-hydrogen) atoms. The first-order chi connectivity index (χ1) is 12.1. The van der Waals surface area contributed by atoms with Crippen molar-refractivity contribution in [2.75, 3.05) is 0 Å². The number of fused-ring (bicyclic) bond motifs is 1. The molecule has 0 aliphatic heterocycles. The third-order valence-electron chi connectivity index (χ3n) is 5.96. The highest BCUT2D eigenvalue weighted by atomic mass is 16.1. The molecule has 0 radical (unpaired) electrons. The van der Waals surface area contributed by atoms with Crippen molar-refractivity contribution in [3.63, 3.8) is 0 Å². The van der Waals surface area contributed by atoms with E-state index in [9.17, 15) is 4.79 Å². The lowest BCUT2D eigenvalue weighted by Gasteiger charge is -2.25. The maximum atomic E-state index is 12.5. The molecule has 1 aromatic heterocycles. The van der Waals surface area contributed by atoms with Crippen molar-refractivity contribution in [1.82, 2.24) is 15.1 Å². The maximum absolute atomic E-state index is 12.5. The quantitative estimate of drug-likeness (QED) is 0.913. The highest BCUT2D eigenvalue weighted by Crippen LogP contribution is 2.33. The summed E-state index contributed by atoms with van der Waals surface area (Å²) in [6.07, 6.45) is 9.59. The highest BCUT2D eigenvalue weighted by molar-refractivity contribution is 5.79. The van der Waals surface area contributed by atoms with E-state index in [2.05, 4.69) is 47.1 Å². The van der Waals surface area contributed by atoms with Gasteiger partial charge >= 0.3 is 0 Å². The Balaban J connectivity index is 1.59. The van der Waals surface area contributed by atoms with Gasteiger partial charge in [0.05, 0.1) is 17.9 Å². The van der Waals surface area contributed by atoms with Crippen molar-refractivity contribution in [2.45, 2.75) is 64.8 Å². The third-order valence-corrected chi connectivity index (χ3v) is 5.96. The van der Waals surface area contributed by atoms with E-state index < -0.39 is 0 Å². The zero-order valence-electron chi connectivity index (χ0n) is 15.2. The molecule has 4 nitrogen and oxygen atoms in total. The van der Waals surface area contributed by atoms with Gasteiger partial charge < -0.3 is 5.32 Å². The van der Waals surface area contributed by atoms with Gasteiger partial charge in [0.2, 0.25) is 5.91 Å². The molecule has 4 rings (SSSR count). The molecule has 1 aromatic carbocycles. The predicted octanol–water partition coefficient (Wildman–Crippen LogP) is 4.17. The van der Waals surface area contributed by atoms with Crippen LogP contribution in [0.4, 0.5) is 0 Å². The molecule has 132 valence electrons. The number of aryl methyl sites for hydroxylation is 2. The van der Waals surface area contributed by atoms with Gasteiger partial charge in [-0.25, -0.2) is 4.68 Å². The fourth-order valence-electron chi connectivity index (χ4n) is 4.26. The minimum atomic E-state index is 0.122. The Bertz CT molecular complexity index is 786. The van der Waals surface area contributed by atoms with E-state index in [-0.39, 0.29) is 17.9 Å². The van der Waals surface area contributed by atoms with Crippen LogP contribution in [0.2, 0.25) is 0 Å². The summed E-state index contributed by atoms with van der Waals surface area (Å²) >= 11 is 0. The summed E-state index contributed by atoms with van der Waals surface area (Å²) in [4.78, 5) is 12.5. The van der Waals surface area contributed by atoms with Gasteiger partial charge in [0.15, 0.2) is 0 Å². The lowest BCUT2D eigenvalue weighted by atomic mass is 9.92. The Hall–Kier alpha value is -2.10. The molecule has 1 saturated carbocycles. The monoisotopic (exact) mass is 337 g/mol. The van der Waals surface area contributed by atoms with Crippen LogP contribution >= 0.6 is 0 Å². The fourth-order valence-corrected chi connectivity index (χ4v) is 4.26. The predicted molar refractivity (Wildman–Crippen MR) is 98.8 cm³/mol. The Morgan fingerprint density at radius 2 is 1.92 bits per heavy atom. The lowest BCUT2D eigenvalue weighted by molar-refractivity contribution is -0.125. The van der Waals surface area contributed by atoms with Crippen molar-refractivity contribution in [3.8, 4) is 5.69 Å². The van der Waals surface area contributed by atoms with Crippen LogP contribution < -0.4 is 5.32 Å². The van der Waals surface area contributed by atoms with Crippen LogP contribution in [0.1, 0.15) is 67.0 Å². The number of nitrogens with zero attached hydrogens (tertiary/aromatic N) is 2. The molecule has 2 aromatic rings. The molecular weight excluding hydrogens is 310 g/mol. The first kappa shape index (κ1) is 16.4. The summed E-state index contributed by atoms with van der Waals surface area (Å²) in [6, 6.07) is 6.61. The van der Waals surface area contributed by atoms with E-state index in [4.69, 9.17) is 0 Å². The number of nitrogens with one attached hydrogen (secondary N) is 1. The first-order valence-electron chi connectivity index (χ1n) is 9.58. The van der Waals surface area contributed by atoms with Crippen molar-refractivity contribution < 1.29 is 4.79 Å². The molecule has 1 N–H and O–H groups in total. The number of benzene rings is 1. The van der Waals surface area contributed by atoms with Crippen LogP contribution in [-0.2, 0) is 11.2 Å². The van der Waals surface area contributed by atoms with Crippen LogP contribution in [0.3, 0.4) is 0 Å². The largest absolute Gasteiger partial charge is 0.349 e. The van der Waals surface area contributed by atoms with Crippen LogP contribution in [0.25, 0.3) is 5.69 Å². The molecule has 1 heterocycles. The van der Waals surface area contributed by atoms with E-state index in [0.717, 1.165) is 37.8 Å². The fraction of sp³-hybridized carbons (Fsp3) is 0.524. The molecule has 2 aliphatic carbocycles. The smallest absolute Gasteiger partial charge is 0.223 e. The Morgan fingerprint density at radius 1 is 1.12 bits per heavy atom. The maximum Gasteiger partial charge on any atom is 0.223 e. The third kappa shape index (κ3) is 3.10. The first-order valence-corrected chi connectivity index (χ1v) is 9.58. The summed E-state index contributed by atoms with van der Waals surface area (Å²) in [7, 11) is 0. The standard InChI is InChI=1S/C21H27N3O/c1-14-10-11-17(12-15(14)2)24-20-9-5-8-19(18(20)13-22-24)23-21(25)16-6-3-4-7-16/h10-13,16,19H,3-9H2,1-2H3,(H,23,25)/t19-/m0/s1. The van der Waals surface area contributed by atoms with Crippen LogP contribution in [0.5, 0.6) is 0 Å². The molecule has 1 amide bonds. The molecular formula is C21H27N3O. The Morgan fingerprint density at radius 3 is 2.68 bits per heavy atom. The van der Waals surface area contributed by atoms with Crippen molar-refractivity contribution >= 4 is 5.91 Å². The molecule has 1 atom stereocenters. The molecule has 0 bridgehead atoms. The highest BCUT2D eigenvalue weighted by Gasteiger charge is 2.29. The molecule has 2 aliphatic rings. The molecule has 4 heteroatoms. The zero-order chi connectivity index (χ0) is 17.4. The number of carbonyl (C=O) groups is 1. The number of aromatic nitrogens is 2. The van der Waals surface area contributed by atoms with Crippen LogP contribution in [0.15, 0.2) is 24.4 Å². The number of rotatable bonds is 3. The summed E-state index contributed by atoms with van der Waals surface area (Å²) < 4.78 is 2.07. The molecule has 0 unspecified atom stereocenters. The van der Waals surface area contributed by atoms with Gasteiger partial charge in [-0.05, 0) is 69.2 Å². The van der Waals surface area contributed by atoms with Crippen molar-refractivity contribution in [3.05, 3.63) is 46.8 Å². The average molecular weight is 337 g/mol. The van der Waals surface area contributed by atoms with E-state index >= 15 is 0 Å². The Kier molecular flexibility index (Phi) is 4.36. The van der Waals surface area contributed by atoms with Gasteiger partial charge in [0, 0.05) is 17.2 Å². The number of amides is 1. The molecule has 1 fully saturated rings. The van der Waals surface area contributed by atoms with E-state index in [1.165, 1.54) is 35.2 Å². The number of carbonyl (C=O) groups excluding carboxylic acids is 1. The van der Waals surface area contributed by atoms with E-state index in [0.29, 0.717) is 0 Å². The second kappa shape index (κ2) is 6.66. The van der Waals surface area contributed by atoms with E-state index in [1.807, 2.05) is 6.20 Å². The zero-order valence-corrected chi connectivity index (χ0v) is 15.2. The average Bonchev–Trinajstić information content (AvgIpc) is 3.27. The van der Waals surface area contributed by atoms with Gasteiger partial charge in [-0.15, -0.1) is 0 Å². The summed E-state index contributed by atoms with van der Waals surface area (Å²) in [5.74, 6) is 0.467. The van der Waals surface area contributed by atoms with Gasteiger partial charge in [0.1, 0.15) is 0 Å². The summed E-state index contributed by atoms with van der Waals surface area (Å²) in [5.41, 5.74) is 6.16. The van der Waals surface area contributed by atoms with Crippen molar-refractivity contribution in [1.29, 1.82) is 0 Å². The van der Waals surface area contributed by atoms with Gasteiger partial charge in [-0.1, -0.05) is 18.9 Å². The van der Waals surface area contributed by atoms with Crippen molar-refractivity contribution in [2.24, 2.45) is 5.92 Å². The summed E-state index contributed by atoms with van der Waals surface area (Å²) in [6.45, 7) is 4.27. The summed E-state index contributed by atoms with van der Waals surface area (Å²) in [5, 5.41) is 7.97. The lowest BCUT2D eigenvalue weighted by Crippen LogP contribution is -2.34. The SMILES string of the molecule is Cc1ccc(-n2ncc3c2CCC[C@@H]3NC(=O)C2CCCC2)cc1C.